The molecule has 7 nitrogen and oxygen atoms in total. The quantitative estimate of drug-likeness (QED) is 0.574. The predicted molar refractivity (Wildman–Crippen MR) is 102 cm³/mol. The van der Waals surface area contributed by atoms with Crippen molar-refractivity contribution in [3.05, 3.63) is 52.6 Å². The highest BCUT2D eigenvalue weighted by Gasteiger charge is 2.38. The molecule has 3 N–H and O–H groups in total. The normalized spacial score (nSPS) is 22.1. The molecular weight excluding hydrogens is 412 g/mol. The van der Waals surface area contributed by atoms with Gasteiger partial charge in [-0.15, -0.1) is 22.0 Å². The van der Waals surface area contributed by atoms with Gasteiger partial charge in [0.1, 0.15) is 5.15 Å². The molecule has 0 radical (unpaired) electrons. The standard InChI is InChI=1S/C17H16ClF2N5O2S/c18-12-6-25-16(14-13(27)11(26)7-28-14)23-24-17(25)15(22-12)21-4-3-8-1-2-9(19)10(20)5-8/h1-2,5-6,11,13-14,26-27H,3-4,7H2,(H,21,22)/t11-,13-,14-/m1/s1. The number of fused-ring (bicyclic) bond motifs is 1. The molecule has 28 heavy (non-hydrogen) atoms. The van der Waals surface area contributed by atoms with E-state index in [9.17, 15) is 19.0 Å². The van der Waals surface area contributed by atoms with Crippen LogP contribution in [0.5, 0.6) is 0 Å². The van der Waals surface area contributed by atoms with Crippen molar-refractivity contribution < 1.29 is 19.0 Å². The van der Waals surface area contributed by atoms with Crippen LogP contribution in [0.25, 0.3) is 5.65 Å². The van der Waals surface area contributed by atoms with E-state index in [1.54, 1.807) is 10.6 Å². The zero-order valence-corrected chi connectivity index (χ0v) is 16.0. The smallest absolute Gasteiger partial charge is 0.203 e. The van der Waals surface area contributed by atoms with Crippen molar-refractivity contribution in [2.75, 3.05) is 17.6 Å². The number of nitrogens with zero attached hydrogens (tertiary/aromatic N) is 4. The number of rotatable bonds is 5. The van der Waals surface area contributed by atoms with E-state index in [2.05, 4.69) is 20.5 Å². The molecule has 1 aliphatic heterocycles. The first-order valence-electron chi connectivity index (χ1n) is 8.50. The second-order valence-electron chi connectivity index (χ2n) is 6.40. The SMILES string of the molecule is O[C@@H]1[C@H](O)CS[C@H]1c1nnc2c(NCCc3ccc(F)c(F)c3)nc(Cl)cn12. The highest BCUT2D eigenvalue weighted by molar-refractivity contribution is 7.99. The molecule has 3 heterocycles. The second kappa shape index (κ2) is 7.78. The summed E-state index contributed by atoms with van der Waals surface area (Å²) in [5.41, 5.74) is 1.05. The van der Waals surface area contributed by atoms with Gasteiger partial charge in [-0.3, -0.25) is 4.40 Å². The summed E-state index contributed by atoms with van der Waals surface area (Å²) in [7, 11) is 0. The number of aliphatic hydroxyl groups excluding tert-OH is 2. The van der Waals surface area contributed by atoms with Gasteiger partial charge in [-0.25, -0.2) is 13.8 Å². The number of nitrogens with one attached hydrogen (secondary N) is 1. The van der Waals surface area contributed by atoms with Gasteiger partial charge < -0.3 is 15.5 Å². The zero-order valence-electron chi connectivity index (χ0n) is 14.4. The third-order valence-electron chi connectivity index (χ3n) is 4.48. The highest BCUT2D eigenvalue weighted by atomic mass is 35.5. The van der Waals surface area contributed by atoms with E-state index in [4.69, 9.17) is 11.6 Å². The maximum absolute atomic E-state index is 13.3. The Labute approximate surface area is 167 Å². The van der Waals surface area contributed by atoms with Crippen molar-refractivity contribution in [2.45, 2.75) is 23.9 Å². The molecule has 3 atom stereocenters. The third-order valence-corrected chi connectivity index (χ3v) is 6.05. The lowest BCUT2D eigenvalue weighted by Gasteiger charge is -2.14. The van der Waals surface area contributed by atoms with Crippen LogP contribution in [0.2, 0.25) is 5.15 Å². The maximum atomic E-state index is 13.3. The molecule has 11 heteroatoms. The van der Waals surface area contributed by atoms with Crippen LogP contribution in [0.4, 0.5) is 14.6 Å². The Hall–Kier alpha value is -2.01. The van der Waals surface area contributed by atoms with E-state index in [1.165, 1.54) is 17.8 Å². The lowest BCUT2D eigenvalue weighted by molar-refractivity contribution is 0.0404. The van der Waals surface area contributed by atoms with Crippen LogP contribution in [-0.4, -0.2) is 54.3 Å². The van der Waals surface area contributed by atoms with Gasteiger partial charge in [0.2, 0.25) is 5.65 Å². The van der Waals surface area contributed by atoms with E-state index in [-0.39, 0.29) is 5.15 Å². The minimum Gasteiger partial charge on any atom is -0.390 e. The number of aromatic nitrogens is 4. The molecule has 1 saturated heterocycles. The molecule has 0 bridgehead atoms. The number of aliphatic hydroxyl groups is 2. The van der Waals surface area contributed by atoms with E-state index < -0.39 is 29.1 Å². The molecule has 0 aliphatic carbocycles. The Morgan fingerprint density at radius 2 is 2.07 bits per heavy atom. The summed E-state index contributed by atoms with van der Waals surface area (Å²) in [6.45, 7) is 0.385. The number of hydrogen-bond acceptors (Lipinski definition) is 7. The molecule has 0 unspecified atom stereocenters. The number of hydrogen-bond donors (Lipinski definition) is 3. The van der Waals surface area contributed by atoms with Crippen molar-refractivity contribution in [1.29, 1.82) is 0 Å². The van der Waals surface area contributed by atoms with E-state index >= 15 is 0 Å². The molecule has 0 spiro atoms. The minimum absolute atomic E-state index is 0.196. The summed E-state index contributed by atoms with van der Waals surface area (Å²) < 4.78 is 28.0. The Bertz CT molecular complexity index is 1020. The average molecular weight is 428 g/mol. The Morgan fingerprint density at radius 3 is 2.79 bits per heavy atom. The van der Waals surface area contributed by atoms with Crippen molar-refractivity contribution in [3.8, 4) is 0 Å². The van der Waals surface area contributed by atoms with Crippen molar-refractivity contribution in [2.24, 2.45) is 0 Å². The fraction of sp³-hybridized carbons (Fsp3) is 0.353. The zero-order chi connectivity index (χ0) is 19.8. The predicted octanol–water partition coefficient (Wildman–Crippen LogP) is 2.22. The van der Waals surface area contributed by atoms with Gasteiger partial charge in [-0.2, -0.15) is 0 Å². The van der Waals surface area contributed by atoms with Crippen molar-refractivity contribution >= 4 is 34.8 Å². The summed E-state index contributed by atoms with van der Waals surface area (Å²) in [6.07, 6.45) is 0.203. The molecule has 4 rings (SSSR count). The number of thioether (sulfide) groups is 1. The average Bonchev–Trinajstić information content (AvgIpc) is 3.21. The fourth-order valence-corrected chi connectivity index (χ4v) is 4.52. The highest BCUT2D eigenvalue weighted by Crippen LogP contribution is 2.40. The molecule has 2 aromatic heterocycles. The lowest BCUT2D eigenvalue weighted by Crippen LogP contribution is -2.25. The van der Waals surface area contributed by atoms with Crippen LogP contribution in [0.1, 0.15) is 16.6 Å². The lowest BCUT2D eigenvalue weighted by atomic mass is 10.1. The maximum Gasteiger partial charge on any atom is 0.203 e. The van der Waals surface area contributed by atoms with Gasteiger partial charge in [0, 0.05) is 18.5 Å². The van der Waals surface area contributed by atoms with Crippen molar-refractivity contribution in [1.82, 2.24) is 19.6 Å². The topological polar surface area (TPSA) is 95.6 Å². The molecule has 148 valence electrons. The molecular formula is C17H16ClF2N5O2S. The summed E-state index contributed by atoms with van der Waals surface area (Å²) in [5.74, 6) is -0.525. The van der Waals surface area contributed by atoms with Crippen LogP contribution >= 0.6 is 23.4 Å². The molecule has 1 aromatic carbocycles. The summed E-state index contributed by atoms with van der Waals surface area (Å²) >= 11 is 7.51. The largest absolute Gasteiger partial charge is 0.390 e. The number of anilines is 1. The van der Waals surface area contributed by atoms with E-state index in [1.807, 2.05) is 0 Å². The Kier molecular flexibility index (Phi) is 5.37. The van der Waals surface area contributed by atoms with Gasteiger partial charge in [-0.05, 0) is 24.1 Å². The molecule has 0 amide bonds. The van der Waals surface area contributed by atoms with Crippen LogP contribution in [0.15, 0.2) is 24.4 Å². The van der Waals surface area contributed by atoms with Crippen LogP contribution in [-0.2, 0) is 6.42 Å². The number of benzene rings is 1. The molecule has 3 aromatic rings. The summed E-state index contributed by atoms with van der Waals surface area (Å²) in [6, 6.07) is 3.75. The number of halogens is 3. The third kappa shape index (κ3) is 3.64. The summed E-state index contributed by atoms with van der Waals surface area (Å²) in [5, 5.41) is 31.1. The van der Waals surface area contributed by atoms with Gasteiger partial charge in [0.05, 0.1) is 17.5 Å². The van der Waals surface area contributed by atoms with Gasteiger partial charge >= 0.3 is 0 Å². The van der Waals surface area contributed by atoms with Crippen LogP contribution < -0.4 is 5.32 Å². The van der Waals surface area contributed by atoms with E-state index in [0.29, 0.717) is 41.6 Å². The monoisotopic (exact) mass is 427 g/mol. The van der Waals surface area contributed by atoms with Crippen molar-refractivity contribution in [3.63, 3.8) is 0 Å². The Morgan fingerprint density at radius 1 is 1.25 bits per heavy atom. The van der Waals surface area contributed by atoms with Crippen LogP contribution in [0.3, 0.4) is 0 Å². The molecule has 1 aliphatic rings. The fourth-order valence-electron chi connectivity index (χ4n) is 3.05. The van der Waals surface area contributed by atoms with Gasteiger partial charge in [0.25, 0.3) is 0 Å². The Balaban J connectivity index is 1.55. The van der Waals surface area contributed by atoms with E-state index in [0.717, 1.165) is 12.1 Å². The van der Waals surface area contributed by atoms with Gasteiger partial charge in [0.15, 0.2) is 23.3 Å². The first-order chi connectivity index (χ1) is 13.4. The molecule has 0 saturated carbocycles. The summed E-state index contributed by atoms with van der Waals surface area (Å²) in [4.78, 5) is 4.22. The van der Waals surface area contributed by atoms with Crippen LogP contribution in [0, 0.1) is 11.6 Å². The first-order valence-corrected chi connectivity index (χ1v) is 9.93. The molecule has 1 fully saturated rings. The first kappa shape index (κ1) is 19.3. The van der Waals surface area contributed by atoms with Gasteiger partial charge in [-0.1, -0.05) is 17.7 Å². The minimum atomic E-state index is -0.950. The second-order valence-corrected chi connectivity index (χ2v) is 7.96.